The van der Waals surface area contributed by atoms with Gasteiger partial charge in [0.05, 0.1) is 11.9 Å². The highest BCUT2D eigenvalue weighted by Gasteiger charge is 2.43. The Bertz CT molecular complexity index is 1310. The molecule has 1 atom stereocenters. The van der Waals surface area contributed by atoms with Crippen molar-refractivity contribution >= 4 is 23.4 Å². The first kappa shape index (κ1) is 25.7. The molecule has 12 heteroatoms. The van der Waals surface area contributed by atoms with Crippen LogP contribution in [0.4, 0.5) is 30.6 Å². The molecule has 0 radical (unpaired) electrons. The van der Waals surface area contributed by atoms with Crippen molar-refractivity contribution in [2.75, 3.05) is 28.2 Å². The van der Waals surface area contributed by atoms with Gasteiger partial charge in [-0.15, -0.1) is 0 Å². The number of aromatic nitrogens is 4. The van der Waals surface area contributed by atoms with E-state index in [0.717, 1.165) is 47.9 Å². The Morgan fingerprint density at radius 2 is 1.95 bits per heavy atom. The summed E-state index contributed by atoms with van der Waals surface area (Å²) in [6, 6.07) is 5.21. The molecular weight excluding hydrogens is 499 g/mol. The summed E-state index contributed by atoms with van der Waals surface area (Å²) in [5.74, 6) is 1.89. The minimum absolute atomic E-state index is 0.111. The van der Waals surface area contributed by atoms with Crippen LogP contribution in [0.15, 0.2) is 36.7 Å². The van der Waals surface area contributed by atoms with Crippen molar-refractivity contribution in [3.05, 3.63) is 53.6 Å². The number of amides is 1. The van der Waals surface area contributed by atoms with E-state index in [0.29, 0.717) is 25.6 Å². The van der Waals surface area contributed by atoms with Crippen molar-refractivity contribution in [2.45, 2.75) is 52.4 Å². The van der Waals surface area contributed by atoms with Gasteiger partial charge in [-0.3, -0.25) is 4.79 Å². The Kier molecular flexibility index (Phi) is 6.80. The number of carbonyl (C=O) groups is 1. The van der Waals surface area contributed by atoms with Crippen molar-refractivity contribution < 1.29 is 22.7 Å². The maximum absolute atomic E-state index is 13.3. The maximum atomic E-state index is 13.3. The van der Waals surface area contributed by atoms with E-state index < -0.39 is 11.9 Å². The Labute approximate surface area is 218 Å². The first-order valence-corrected chi connectivity index (χ1v) is 12.5. The van der Waals surface area contributed by atoms with Crippen molar-refractivity contribution in [1.82, 2.24) is 19.9 Å². The van der Waals surface area contributed by atoms with Gasteiger partial charge in [0.2, 0.25) is 17.7 Å². The molecule has 1 amide bonds. The number of hydrogen-bond acceptors (Lipinski definition) is 8. The number of halogens is 3. The second-order valence-corrected chi connectivity index (χ2v) is 9.57. The number of nitrogens with one attached hydrogen (secondary N) is 1. The molecule has 3 aromatic rings. The molecule has 0 spiro atoms. The number of nitrogens with zero attached hydrogens (tertiary/aromatic N) is 6. The number of ether oxygens (including phenoxy) is 1. The van der Waals surface area contributed by atoms with Gasteiger partial charge >= 0.3 is 6.18 Å². The zero-order valence-corrected chi connectivity index (χ0v) is 21.3. The highest BCUT2D eigenvalue weighted by Crippen LogP contribution is 2.41. The third-order valence-electron chi connectivity index (χ3n) is 6.60. The van der Waals surface area contributed by atoms with E-state index in [9.17, 15) is 18.0 Å². The monoisotopic (exact) mass is 527 g/mol. The molecule has 0 saturated heterocycles. The van der Waals surface area contributed by atoms with Gasteiger partial charge in [0.25, 0.3) is 0 Å². The lowest BCUT2D eigenvalue weighted by molar-refractivity contribution is -0.141. The highest BCUT2D eigenvalue weighted by atomic mass is 19.4. The van der Waals surface area contributed by atoms with Crippen molar-refractivity contribution in [2.24, 2.45) is 5.92 Å². The molecule has 5 heterocycles. The van der Waals surface area contributed by atoms with Gasteiger partial charge in [0.1, 0.15) is 23.2 Å². The first-order chi connectivity index (χ1) is 18.2. The molecule has 38 heavy (non-hydrogen) atoms. The summed E-state index contributed by atoms with van der Waals surface area (Å²) in [5, 5.41) is 3.26. The predicted octanol–water partition coefficient (Wildman–Crippen LogP) is 4.83. The number of anilines is 3. The normalized spacial score (nSPS) is 17.0. The van der Waals surface area contributed by atoms with Gasteiger partial charge in [-0.1, -0.05) is 19.9 Å². The fourth-order valence-electron chi connectivity index (χ4n) is 4.86. The molecule has 1 N–H and O–H groups in total. The number of carbonyl (C=O) groups excluding carboxylic acids is 1. The van der Waals surface area contributed by atoms with E-state index in [-0.39, 0.29) is 29.5 Å². The van der Waals surface area contributed by atoms with Crippen molar-refractivity contribution in [1.29, 1.82) is 0 Å². The van der Waals surface area contributed by atoms with Gasteiger partial charge in [-0.25, -0.2) is 15.0 Å². The van der Waals surface area contributed by atoms with Crippen LogP contribution in [0.1, 0.15) is 44.1 Å². The van der Waals surface area contributed by atoms with Gasteiger partial charge in [0.15, 0.2) is 5.82 Å². The van der Waals surface area contributed by atoms with E-state index in [4.69, 9.17) is 14.7 Å². The van der Waals surface area contributed by atoms with E-state index in [1.165, 1.54) is 6.07 Å². The average molecular weight is 528 g/mol. The first-order valence-electron chi connectivity index (χ1n) is 12.5. The van der Waals surface area contributed by atoms with Gasteiger partial charge in [0, 0.05) is 31.9 Å². The molecule has 200 valence electrons. The van der Waals surface area contributed by atoms with Crippen LogP contribution in [-0.4, -0.2) is 45.0 Å². The number of likely N-dealkylation sites (N-methyl/N-ethyl adjacent to an activating group) is 1. The Morgan fingerprint density at radius 3 is 2.58 bits per heavy atom. The molecule has 0 bridgehead atoms. The standard InChI is InChI=1S/C26H28F3N7O2/c1-4-35-21(15(2)3)24(37)36-11-5-6-18-22(36)23(35)34-25(33-18)32-13-16-7-10-20(31-12-16)38-17-8-9-19(30-14-17)26(27,28)29/h7-10,12,14-15,21H,4-6,11,13H2,1-3H3,(H,32,33,34). The molecule has 1 unspecified atom stereocenters. The van der Waals surface area contributed by atoms with Gasteiger partial charge in [-0.05, 0) is 43.4 Å². The average Bonchev–Trinajstić information content (AvgIpc) is 2.89. The van der Waals surface area contributed by atoms with Crippen LogP contribution < -0.4 is 19.9 Å². The number of pyridine rings is 2. The molecule has 0 aromatic carbocycles. The predicted molar refractivity (Wildman–Crippen MR) is 135 cm³/mol. The molecule has 2 aliphatic rings. The quantitative estimate of drug-likeness (QED) is 0.467. The molecule has 5 rings (SSSR count). The lowest BCUT2D eigenvalue weighted by atomic mass is 9.95. The smallest absolute Gasteiger partial charge is 0.433 e. The molecule has 0 fully saturated rings. The summed E-state index contributed by atoms with van der Waals surface area (Å²) in [4.78, 5) is 34.3. The second kappa shape index (κ2) is 10.1. The van der Waals surface area contributed by atoms with E-state index in [1.807, 2.05) is 11.8 Å². The van der Waals surface area contributed by atoms with E-state index in [2.05, 4.69) is 34.0 Å². The molecule has 9 nitrogen and oxygen atoms in total. The van der Waals surface area contributed by atoms with Crippen LogP contribution in [0.3, 0.4) is 0 Å². The number of aryl methyl sites for hydroxylation is 1. The SMILES string of the molecule is CCN1c2nc(NCc3ccc(Oc4ccc(C(F)(F)F)nc4)nc3)nc3c2N(CCC3)C(=O)C1C(C)C. The largest absolute Gasteiger partial charge is 0.437 e. The lowest BCUT2D eigenvalue weighted by Crippen LogP contribution is -2.57. The fourth-order valence-corrected chi connectivity index (χ4v) is 4.86. The van der Waals surface area contributed by atoms with Crippen molar-refractivity contribution in [3.63, 3.8) is 0 Å². The number of alkyl halides is 3. The van der Waals surface area contributed by atoms with Crippen LogP contribution in [-0.2, 0) is 23.9 Å². The number of hydrogen-bond donors (Lipinski definition) is 1. The summed E-state index contributed by atoms with van der Waals surface area (Å²) in [7, 11) is 0. The topological polar surface area (TPSA) is 96.4 Å². The molecule has 3 aromatic heterocycles. The van der Waals surface area contributed by atoms with E-state index in [1.54, 1.807) is 18.3 Å². The lowest BCUT2D eigenvalue weighted by Gasteiger charge is -2.45. The summed E-state index contributed by atoms with van der Waals surface area (Å²) in [6.45, 7) is 7.86. The third kappa shape index (κ3) is 4.94. The summed E-state index contributed by atoms with van der Waals surface area (Å²) >= 11 is 0. The van der Waals surface area contributed by atoms with Crippen molar-refractivity contribution in [3.8, 4) is 11.6 Å². The van der Waals surface area contributed by atoms with E-state index >= 15 is 0 Å². The highest BCUT2D eigenvalue weighted by molar-refractivity contribution is 6.06. The summed E-state index contributed by atoms with van der Waals surface area (Å²) < 4.78 is 43.6. The van der Waals surface area contributed by atoms with Crippen LogP contribution in [0.25, 0.3) is 0 Å². The molecule has 2 aliphatic heterocycles. The zero-order chi connectivity index (χ0) is 27.0. The molecule has 0 aliphatic carbocycles. The molecule has 0 saturated carbocycles. The Hall–Kier alpha value is -3.96. The molecular formula is C26H28F3N7O2. The third-order valence-corrected chi connectivity index (χ3v) is 6.60. The minimum Gasteiger partial charge on any atom is -0.437 e. The maximum Gasteiger partial charge on any atom is 0.433 e. The van der Waals surface area contributed by atoms with Gasteiger partial charge in [-0.2, -0.15) is 18.2 Å². The van der Waals surface area contributed by atoms with Crippen LogP contribution >= 0.6 is 0 Å². The summed E-state index contributed by atoms with van der Waals surface area (Å²) in [5.41, 5.74) is 1.54. The second-order valence-electron chi connectivity index (χ2n) is 9.57. The van der Waals surface area contributed by atoms with Crippen LogP contribution in [0, 0.1) is 5.92 Å². The summed E-state index contributed by atoms with van der Waals surface area (Å²) in [6.07, 6.45) is -0.258. The van der Waals surface area contributed by atoms with Crippen LogP contribution in [0.2, 0.25) is 0 Å². The Balaban J connectivity index is 1.30. The fraction of sp³-hybridized carbons (Fsp3) is 0.423. The Morgan fingerprint density at radius 1 is 1.13 bits per heavy atom. The van der Waals surface area contributed by atoms with Gasteiger partial charge < -0.3 is 19.9 Å². The number of rotatable bonds is 7. The minimum atomic E-state index is -4.51. The van der Waals surface area contributed by atoms with Crippen LogP contribution in [0.5, 0.6) is 11.6 Å². The zero-order valence-electron chi connectivity index (χ0n) is 21.3.